The number of rotatable bonds is 13. The molecule has 0 saturated heterocycles. The number of sulfonamides is 1. The van der Waals surface area contributed by atoms with Crippen LogP contribution in [-0.2, 0) is 26.2 Å². The molecule has 3 aromatic rings. The maximum Gasteiger partial charge on any atom is 0.264 e. The number of nitrogens with one attached hydrogen (secondary N) is 1. The standard InChI is InChI=1S/C30H35Cl2N3O5S/c1-5-28(30(37)33-18-21(2)3)34(19-22-11-16-26(31)27(32)17-22)29(36)20-35(23-12-14-24(40-4)15-13-23)41(38,39)25-9-7-6-8-10-25/h6-17,21,28H,5,18-20H2,1-4H3,(H,33,37)/t28-/m1/s1. The van der Waals surface area contributed by atoms with E-state index in [1.807, 2.05) is 13.8 Å². The van der Waals surface area contributed by atoms with E-state index >= 15 is 0 Å². The molecule has 0 radical (unpaired) electrons. The molecule has 8 nitrogen and oxygen atoms in total. The highest BCUT2D eigenvalue weighted by Gasteiger charge is 2.33. The highest BCUT2D eigenvalue weighted by molar-refractivity contribution is 7.92. The topological polar surface area (TPSA) is 96.0 Å². The zero-order valence-corrected chi connectivity index (χ0v) is 25.8. The van der Waals surface area contributed by atoms with Gasteiger partial charge in [-0.1, -0.05) is 68.2 Å². The molecule has 3 aromatic carbocycles. The number of nitrogens with zero attached hydrogens (tertiary/aromatic N) is 2. The molecular formula is C30H35Cl2N3O5S. The van der Waals surface area contributed by atoms with Gasteiger partial charge < -0.3 is 15.0 Å². The average molecular weight is 621 g/mol. The molecule has 0 heterocycles. The molecule has 0 spiro atoms. The van der Waals surface area contributed by atoms with Gasteiger partial charge in [0.25, 0.3) is 10.0 Å². The van der Waals surface area contributed by atoms with Crippen molar-refractivity contribution < 1.29 is 22.7 Å². The van der Waals surface area contributed by atoms with Crippen molar-refractivity contribution in [3.05, 3.63) is 88.4 Å². The first-order valence-corrected chi connectivity index (χ1v) is 15.4. The quantitative estimate of drug-likeness (QED) is 0.262. The van der Waals surface area contributed by atoms with Crippen LogP contribution in [0.4, 0.5) is 5.69 Å². The van der Waals surface area contributed by atoms with Crippen LogP contribution in [-0.4, -0.2) is 51.4 Å². The summed E-state index contributed by atoms with van der Waals surface area (Å²) < 4.78 is 34.0. The van der Waals surface area contributed by atoms with Gasteiger partial charge in [0.15, 0.2) is 0 Å². The van der Waals surface area contributed by atoms with Gasteiger partial charge in [-0.2, -0.15) is 0 Å². The van der Waals surface area contributed by atoms with E-state index in [0.29, 0.717) is 34.3 Å². The third-order valence-electron chi connectivity index (χ3n) is 6.38. The zero-order valence-electron chi connectivity index (χ0n) is 23.5. The highest BCUT2D eigenvalue weighted by Crippen LogP contribution is 2.28. The molecule has 220 valence electrons. The Morgan fingerprint density at radius 1 is 0.951 bits per heavy atom. The van der Waals surface area contributed by atoms with Crippen LogP contribution in [0.25, 0.3) is 0 Å². The number of ether oxygens (including phenoxy) is 1. The lowest BCUT2D eigenvalue weighted by molar-refractivity contribution is -0.140. The maximum absolute atomic E-state index is 14.1. The fourth-order valence-electron chi connectivity index (χ4n) is 4.17. The first kappa shape index (κ1) is 32.2. The first-order valence-electron chi connectivity index (χ1n) is 13.2. The van der Waals surface area contributed by atoms with Crippen LogP contribution < -0.4 is 14.4 Å². The molecular weight excluding hydrogens is 585 g/mol. The second-order valence-electron chi connectivity index (χ2n) is 9.86. The van der Waals surface area contributed by atoms with Crippen LogP contribution in [0.5, 0.6) is 5.75 Å². The molecule has 0 unspecified atom stereocenters. The molecule has 1 N–H and O–H groups in total. The number of carbonyl (C=O) groups is 2. The lowest BCUT2D eigenvalue weighted by atomic mass is 10.1. The van der Waals surface area contributed by atoms with Crippen molar-refractivity contribution in [2.75, 3.05) is 24.5 Å². The third-order valence-corrected chi connectivity index (χ3v) is 8.90. The lowest BCUT2D eigenvalue weighted by Gasteiger charge is -2.33. The van der Waals surface area contributed by atoms with Gasteiger partial charge in [0, 0.05) is 13.1 Å². The number of amides is 2. The van der Waals surface area contributed by atoms with Crippen molar-refractivity contribution in [1.82, 2.24) is 10.2 Å². The predicted octanol–water partition coefficient (Wildman–Crippen LogP) is 5.78. The Hall–Kier alpha value is -3.27. The van der Waals surface area contributed by atoms with Crippen LogP contribution in [0.3, 0.4) is 0 Å². The summed E-state index contributed by atoms with van der Waals surface area (Å²) in [5, 5.41) is 3.56. The Morgan fingerprint density at radius 2 is 1.61 bits per heavy atom. The summed E-state index contributed by atoms with van der Waals surface area (Å²) in [4.78, 5) is 28.8. The van der Waals surface area contributed by atoms with E-state index in [1.165, 1.54) is 24.1 Å². The number of halogens is 2. The third kappa shape index (κ3) is 8.38. The number of benzene rings is 3. The SMILES string of the molecule is CC[C@H](C(=O)NCC(C)C)N(Cc1ccc(Cl)c(Cl)c1)C(=O)CN(c1ccc(OC)cc1)S(=O)(=O)c1ccccc1. The van der Waals surface area contributed by atoms with E-state index in [4.69, 9.17) is 27.9 Å². The summed E-state index contributed by atoms with van der Waals surface area (Å²) in [6.45, 7) is 5.66. The van der Waals surface area contributed by atoms with Gasteiger partial charge in [0.1, 0.15) is 18.3 Å². The molecule has 2 amide bonds. The second-order valence-corrected chi connectivity index (χ2v) is 12.5. The van der Waals surface area contributed by atoms with Gasteiger partial charge in [-0.05, 0) is 66.4 Å². The van der Waals surface area contributed by atoms with Gasteiger partial charge in [-0.15, -0.1) is 0 Å². The Morgan fingerprint density at radius 3 is 2.17 bits per heavy atom. The summed E-state index contributed by atoms with van der Waals surface area (Å²) in [7, 11) is -2.65. The van der Waals surface area contributed by atoms with Crippen molar-refractivity contribution in [1.29, 1.82) is 0 Å². The zero-order chi connectivity index (χ0) is 30.2. The van der Waals surface area contributed by atoms with Gasteiger partial charge in [-0.25, -0.2) is 8.42 Å². The summed E-state index contributed by atoms with van der Waals surface area (Å²) in [6, 6.07) is 18.4. The number of carbonyl (C=O) groups excluding carboxylic acids is 2. The second kappa shape index (κ2) is 14.6. The molecule has 0 aliphatic rings. The average Bonchev–Trinajstić information content (AvgIpc) is 2.96. The predicted molar refractivity (Wildman–Crippen MR) is 163 cm³/mol. The van der Waals surface area contributed by atoms with Crippen molar-refractivity contribution >= 4 is 50.7 Å². The molecule has 0 fully saturated rings. The van der Waals surface area contributed by atoms with Crippen LogP contribution in [0.15, 0.2) is 77.7 Å². The monoisotopic (exact) mass is 619 g/mol. The Bertz CT molecular complexity index is 1430. The molecule has 0 aliphatic heterocycles. The summed E-state index contributed by atoms with van der Waals surface area (Å²) in [6.07, 6.45) is 0.310. The van der Waals surface area contributed by atoms with E-state index in [0.717, 1.165) is 4.31 Å². The minimum Gasteiger partial charge on any atom is -0.497 e. The molecule has 0 aromatic heterocycles. The normalized spacial score (nSPS) is 12.1. The van der Waals surface area contributed by atoms with E-state index in [1.54, 1.807) is 67.6 Å². The fourth-order valence-corrected chi connectivity index (χ4v) is 5.93. The first-order chi connectivity index (χ1) is 19.5. The van der Waals surface area contributed by atoms with Gasteiger partial charge in [-0.3, -0.25) is 13.9 Å². The van der Waals surface area contributed by atoms with Crippen LogP contribution in [0.2, 0.25) is 10.0 Å². The van der Waals surface area contributed by atoms with E-state index in [-0.39, 0.29) is 29.0 Å². The number of methoxy groups -OCH3 is 1. The minimum absolute atomic E-state index is 0.0190. The molecule has 3 rings (SSSR count). The van der Waals surface area contributed by atoms with Crippen molar-refractivity contribution in [2.45, 2.75) is 44.7 Å². The summed E-state index contributed by atoms with van der Waals surface area (Å²) >= 11 is 12.3. The largest absolute Gasteiger partial charge is 0.497 e. The van der Waals surface area contributed by atoms with Crippen molar-refractivity contribution in [3.63, 3.8) is 0 Å². The smallest absolute Gasteiger partial charge is 0.264 e. The van der Waals surface area contributed by atoms with Crippen molar-refractivity contribution in [3.8, 4) is 5.75 Å². The highest BCUT2D eigenvalue weighted by atomic mass is 35.5. The van der Waals surface area contributed by atoms with Gasteiger partial charge >= 0.3 is 0 Å². The minimum atomic E-state index is -4.16. The molecule has 1 atom stereocenters. The molecule has 0 bridgehead atoms. The van der Waals surface area contributed by atoms with Crippen LogP contribution >= 0.6 is 23.2 Å². The maximum atomic E-state index is 14.1. The van der Waals surface area contributed by atoms with E-state index < -0.39 is 28.5 Å². The molecule has 41 heavy (non-hydrogen) atoms. The fraction of sp³-hybridized carbons (Fsp3) is 0.333. The van der Waals surface area contributed by atoms with Crippen molar-refractivity contribution in [2.24, 2.45) is 5.92 Å². The Labute approximate surface area is 252 Å². The number of hydrogen-bond donors (Lipinski definition) is 1. The van der Waals surface area contributed by atoms with Crippen LogP contribution in [0.1, 0.15) is 32.8 Å². The Balaban J connectivity index is 2.05. The van der Waals surface area contributed by atoms with Crippen LogP contribution in [0, 0.1) is 5.92 Å². The number of hydrogen-bond acceptors (Lipinski definition) is 5. The van der Waals surface area contributed by atoms with E-state index in [2.05, 4.69) is 5.32 Å². The summed E-state index contributed by atoms with van der Waals surface area (Å²) in [5.41, 5.74) is 0.916. The molecule has 0 aliphatic carbocycles. The van der Waals surface area contributed by atoms with E-state index in [9.17, 15) is 18.0 Å². The molecule has 0 saturated carbocycles. The van der Waals surface area contributed by atoms with Gasteiger partial charge in [0.05, 0.1) is 27.7 Å². The number of anilines is 1. The van der Waals surface area contributed by atoms with Gasteiger partial charge in [0.2, 0.25) is 11.8 Å². The lowest BCUT2D eigenvalue weighted by Crippen LogP contribution is -2.52. The molecule has 11 heteroatoms. The summed E-state index contributed by atoms with van der Waals surface area (Å²) in [5.74, 6) is -0.141. The Kier molecular flexibility index (Phi) is 11.5.